The van der Waals surface area contributed by atoms with Crippen LogP contribution < -0.4 is 15.4 Å². The van der Waals surface area contributed by atoms with Gasteiger partial charge in [-0.15, -0.1) is 0 Å². The molecule has 1 heterocycles. The molecule has 18 heavy (non-hydrogen) atoms. The first-order chi connectivity index (χ1) is 8.63. The number of ether oxygens (including phenoxy) is 2. The Bertz CT molecular complexity index is 459. The molecule has 1 aromatic rings. The predicted octanol–water partition coefficient (Wildman–Crippen LogP) is 1.28. The zero-order chi connectivity index (χ0) is 13.1. The highest BCUT2D eigenvalue weighted by atomic mass is 35.5. The normalized spacial score (nSPS) is 15.6. The second-order valence-corrected chi connectivity index (χ2v) is 4.37. The Morgan fingerprint density at radius 2 is 2.11 bits per heavy atom. The molecule has 2 rings (SSSR count). The van der Waals surface area contributed by atoms with Crippen LogP contribution in [0.1, 0.15) is 10.4 Å². The zero-order valence-electron chi connectivity index (χ0n) is 10.1. The number of amides is 1. The Balaban J connectivity index is 2.42. The number of nitrogens with two attached hydrogens (primary N) is 1. The average molecular weight is 271 g/mol. The fraction of sp³-hybridized carbons (Fsp3) is 0.417. The number of primary amides is 1. The second-order valence-electron chi connectivity index (χ2n) is 3.97. The molecule has 1 saturated heterocycles. The lowest BCUT2D eigenvalue weighted by atomic mass is 10.1. The first-order valence-electron chi connectivity index (χ1n) is 5.63. The highest BCUT2D eigenvalue weighted by molar-refractivity contribution is 6.34. The number of rotatable bonds is 3. The average Bonchev–Trinajstić information content (AvgIpc) is 2.39. The van der Waals surface area contributed by atoms with Crippen molar-refractivity contribution < 1.29 is 14.3 Å². The Morgan fingerprint density at radius 1 is 1.44 bits per heavy atom. The highest BCUT2D eigenvalue weighted by Gasteiger charge is 2.19. The Morgan fingerprint density at radius 3 is 2.67 bits per heavy atom. The molecule has 98 valence electrons. The molecule has 0 unspecified atom stereocenters. The van der Waals surface area contributed by atoms with Crippen LogP contribution in [-0.2, 0) is 4.74 Å². The lowest BCUT2D eigenvalue weighted by Gasteiger charge is -2.30. The van der Waals surface area contributed by atoms with E-state index in [2.05, 4.69) is 4.90 Å². The monoisotopic (exact) mass is 270 g/mol. The Kier molecular flexibility index (Phi) is 3.93. The number of carbonyl (C=O) groups excluding carboxylic acids is 1. The fourth-order valence-electron chi connectivity index (χ4n) is 1.95. The third-order valence-corrected chi connectivity index (χ3v) is 3.20. The van der Waals surface area contributed by atoms with E-state index >= 15 is 0 Å². The largest absolute Gasteiger partial charge is 0.495 e. The molecule has 1 aromatic carbocycles. The van der Waals surface area contributed by atoms with Crippen LogP contribution in [0, 0.1) is 0 Å². The molecule has 0 saturated carbocycles. The summed E-state index contributed by atoms with van der Waals surface area (Å²) in [5.41, 5.74) is 6.42. The van der Waals surface area contributed by atoms with Gasteiger partial charge in [-0.1, -0.05) is 11.6 Å². The maximum atomic E-state index is 11.3. The van der Waals surface area contributed by atoms with Crippen molar-refractivity contribution in [2.75, 3.05) is 38.3 Å². The van der Waals surface area contributed by atoms with Crippen LogP contribution in [0.4, 0.5) is 5.69 Å². The summed E-state index contributed by atoms with van der Waals surface area (Å²) in [4.78, 5) is 13.4. The van der Waals surface area contributed by atoms with Crippen molar-refractivity contribution in [3.63, 3.8) is 0 Å². The maximum absolute atomic E-state index is 11.3. The molecule has 0 spiro atoms. The molecule has 0 aliphatic carbocycles. The lowest BCUT2D eigenvalue weighted by Crippen LogP contribution is -2.36. The van der Waals surface area contributed by atoms with Crippen LogP contribution in [0.5, 0.6) is 5.75 Å². The van der Waals surface area contributed by atoms with Gasteiger partial charge in [0, 0.05) is 19.2 Å². The number of hydrogen-bond acceptors (Lipinski definition) is 4. The number of nitrogens with zero attached hydrogens (tertiary/aromatic N) is 1. The topological polar surface area (TPSA) is 64.8 Å². The third kappa shape index (κ3) is 2.52. The molecule has 2 N–H and O–H groups in total. The summed E-state index contributed by atoms with van der Waals surface area (Å²) in [6.45, 7) is 2.79. The number of halogens is 1. The van der Waals surface area contributed by atoms with Crippen LogP contribution in [0.15, 0.2) is 12.1 Å². The van der Waals surface area contributed by atoms with Crippen molar-refractivity contribution in [1.82, 2.24) is 0 Å². The summed E-state index contributed by atoms with van der Waals surface area (Å²) < 4.78 is 10.6. The summed E-state index contributed by atoms with van der Waals surface area (Å²) in [5.74, 6) is 0.0871. The molecule has 1 aliphatic rings. The van der Waals surface area contributed by atoms with Gasteiger partial charge in [-0.2, -0.15) is 0 Å². The van der Waals surface area contributed by atoms with Crippen LogP contribution >= 0.6 is 11.6 Å². The van der Waals surface area contributed by atoms with Gasteiger partial charge in [0.2, 0.25) is 5.91 Å². The molecule has 6 heteroatoms. The molecule has 5 nitrogen and oxygen atoms in total. The molecule has 1 amide bonds. The second kappa shape index (κ2) is 5.46. The smallest absolute Gasteiger partial charge is 0.250 e. The number of anilines is 1. The quantitative estimate of drug-likeness (QED) is 0.899. The standard InChI is InChI=1S/C12H15ClN2O3/c1-17-11-7-9(13)8(12(14)16)6-10(11)15-2-4-18-5-3-15/h6-7H,2-5H2,1H3,(H2,14,16). The van der Waals surface area contributed by atoms with E-state index in [0.717, 1.165) is 18.8 Å². The van der Waals surface area contributed by atoms with Gasteiger partial charge >= 0.3 is 0 Å². The van der Waals surface area contributed by atoms with Crippen LogP contribution in [-0.4, -0.2) is 39.3 Å². The summed E-state index contributed by atoms with van der Waals surface area (Å²) in [6.07, 6.45) is 0. The molecule has 1 fully saturated rings. The number of benzene rings is 1. The van der Waals surface area contributed by atoms with Gasteiger partial charge < -0.3 is 20.1 Å². The fourth-order valence-corrected chi connectivity index (χ4v) is 2.19. The van der Waals surface area contributed by atoms with Crippen molar-refractivity contribution in [2.45, 2.75) is 0 Å². The van der Waals surface area contributed by atoms with Gasteiger partial charge in [-0.05, 0) is 6.07 Å². The first-order valence-corrected chi connectivity index (χ1v) is 6.01. The van der Waals surface area contributed by atoms with Crippen LogP contribution in [0.25, 0.3) is 0 Å². The SMILES string of the molecule is COc1cc(Cl)c(C(N)=O)cc1N1CCOCC1. The number of methoxy groups -OCH3 is 1. The number of carbonyl (C=O) groups is 1. The van der Waals surface area contributed by atoms with E-state index in [-0.39, 0.29) is 0 Å². The van der Waals surface area contributed by atoms with Crippen molar-refractivity contribution >= 4 is 23.2 Å². The molecule has 0 radical (unpaired) electrons. The van der Waals surface area contributed by atoms with E-state index < -0.39 is 5.91 Å². The Hall–Kier alpha value is -1.46. The summed E-state index contributed by atoms with van der Waals surface area (Å²) in [5, 5.41) is 0.302. The summed E-state index contributed by atoms with van der Waals surface area (Å²) in [6, 6.07) is 3.29. The van der Waals surface area contributed by atoms with E-state index in [1.54, 1.807) is 19.2 Å². The first kappa shape index (κ1) is 13.0. The van der Waals surface area contributed by atoms with E-state index in [1.807, 2.05) is 0 Å². The van der Waals surface area contributed by atoms with Gasteiger partial charge in [0.15, 0.2) is 0 Å². The van der Waals surface area contributed by atoms with Gasteiger partial charge in [0.25, 0.3) is 0 Å². The van der Waals surface area contributed by atoms with Gasteiger partial charge in [-0.3, -0.25) is 4.79 Å². The van der Waals surface area contributed by atoms with E-state index in [1.165, 1.54) is 0 Å². The van der Waals surface area contributed by atoms with E-state index in [0.29, 0.717) is 29.5 Å². The van der Waals surface area contributed by atoms with Crippen molar-refractivity contribution in [3.8, 4) is 5.75 Å². The van der Waals surface area contributed by atoms with E-state index in [9.17, 15) is 4.79 Å². The predicted molar refractivity (Wildman–Crippen MR) is 69.6 cm³/mol. The lowest BCUT2D eigenvalue weighted by molar-refractivity contribution is 0.100. The van der Waals surface area contributed by atoms with Gasteiger partial charge in [0.1, 0.15) is 5.75 Å². The number of hydrogen-bond donors (Lipinski definition) is 1. The summed E-state index contributed by atoms with van der Waals surface area (Å²) >= 11 is 5.99. The van der Waals surface area contributed by atoms with Crippen LogP contribution in [0.3, 0.4) is 0 Å². The van der Waals surface area contributed by atoms with Crippen molar-refractivity contribution in [1.29, 1.82) is 0 Å². The van der Waals surface area contributed by atoms with Crippen molar-refractivity contribution in [2.24, 2.45) is 5.73 Å². The maximum Gasteiger partial charge on any atom is 0.250 e. The molecule has 1 aliphatic heterocycles. The third-order valence-electron chi connectivity index (χ3n) is 2.89. The molecular weight excluding hydrogens is 256 g/mol. The molecule has 0 aromatic heterocycles. The van der Waals surface area contributed by atoms with Crippen molar-refractivity contribution in [3.05, 3.63) is 22.7 Å². The minimum Gasteiger partial charge on any atom is -0.495 e. The molecule has 0 atom stereocenters. The molecule has 0 bridgehead atoms. The van der Waals surface area contributed by atoms with Crippen LogP contribution in [0.2, 0.25) is 5.02 Å². The Labute approximate surface area is 110 Å². The van der Waals surface area contributed by atoms with E-state index in [4.69, 9.17) is 26.8 Å². The number of morpholine rings is 1. The molecular formula is C12H15ClN2O3. The van der Waals surface area contributed by atoms with Gasteiger partial charge in [-0.25, -0.2) is 0 Å². The minimum absolute atomic E-state index is 0.302. The summed E-state index contributed by atoms with van der Waals surface area (Å²) in [7, 11) is 1.57. The minimum atomic E-state index is -0.544. The van der Waals surface area contributed by atoms with Gasteiger partial charge in [0.05, 0.1) is 36.6 Å². The zero-order valence-corrected chi connectivity index (χ0v) is 10.9. The highest BCUT2D eigenvalue weighted by Crippen LogP contribution is 2.34.